The molecule has 2 atom stereocenters. The molecule has 0 aliphatic carbocycles. The zero-order valence-electron chi connectivity index (χ0n) is 15.5. The molecule has 26 heavy (non-hydrogen) atoms. The number of benzene rings is 1. The summed E-state index contributed by atoms with van der Waals surface area (Å²) in [5.41, 5.74) is 7.67. The summed E-state index contributed by atoms with van der Waals surface area (Å²) in [7, 11) is 3.71. The lowest BCUT2D eigenvalue weighted by Crippen LogP contribution is -2.36. The van der Waals surface area contributed by atoms with Gasteiger partial charge in [-0.05, 0) is 47.7 Å². The predicted molar refractivity (Wildman–Crippen MR) is 108 cm³/mol. The van der Waals surface area contributed by atoms with Gasteiger partial charge in [-0.15, -0.1) is 17.9 Å². The van der Waals surface area contributed by atoms with Crippen LogP contribution in [0.3, 0.4) is 0 Å². The zero-order valence-corrected chi connectivity index (χ0v) is 16.3. The van der Waals surface area contributed by atoms with Gasteiger partial charge in [0.15, 0.2) is 5.96 Å². The van der Waals surface area contributed by atoms with Crippen LogP contribution in [-0.2, 0) is 5.54 Å². The molecule has 0 fully saturated rings. The largest absolute Gasteiger partial charge is 0.508 e. The molecule has 136 valence electrons. The van der Waals surface area contributed by atoms with Crippen LogP contribution in [0.5, 0.6) is 5.75 Å². The van der Waals surface area contributed by atoms with Crippen molar-refractivity contribution in [2.45, 2.75) is 19.4 Å². The van der Waals surface area contributed by atoms with Crippen LogP contribution in [0.25, 0.3) is 11.1 Å². The molecule has 0 spiro atoms. The Balaban J connectivity index is 2.54. The third-order valence-electron chi connectivity index (χ3n) is 4.52. The van der Waals surface area contributed by atoms with Crippen LogP contribution < -0.4 is 5.73 Å². The zero-order chi connectivity index (χ0) is 19.5. The van der Waals surface area contributed by atoms with Crippen molar-refractivity contribution in [3.8, 4) is 22.9 Å². The van der Waals surface area contributed by atoms with E-state index in [0.29, 0.717) is 11.5 Å². The molecule has 0 aliphatic heterocycles. The van der Waals surface area contributed by atoms with E-state index in [4.69, 9.17) is 16.0 Å². The molecule has 0 radical (unpaired) electrons. The fourth-order valence-corrected chi connectivity index (χ4v) is 3.67. The van der Waals surface area contributed by atoms with Crippen LogP contribution in [0.1, 0.15) is 24.3 Å². The molecule has 1 aromatic carbocycles. The van der Waals surface area contributed by atoms with Crippen LogP contribution in [0.4, 0.5) is 0 Å². The average Bonchev–Trinajstić information content (AvgIpc) is 3.10. The van der Waals surface area contributed by atoms with Gasteiger partial charge in [-0.2, -0.15) is 5.26 Å². The Bertz CT molecular complexity index is 878. The van der Waals surface area contributed by atoms with E-state index in [0.717, 1.165) is 16.0 Å². The second kappa shape index (κ2) is 7.63. The fourth-order valence-electron chi connectivity index (χ4n) is 2.54. The van der Waals surface area contributed by atoms with Crippen LogP contribution in [0.15, 0.2) is 47.3 Å². The molecular weight excluding hydrogens is 344 g/mol. The third-order valence-corrected chi connectivity index (χ3v) is 5.68. The Morgan fingerprint density at radius 3 is 2.65 bits per heavy atom. The molecule has 0 saturated heterocycles. The quantitative estimate of drug-likeness (QED) is 0.476. The number of nitriles is 1. The SMILES string of the molecule is C=CC(C)C(C)(N=C(N)N(C)C)c1cc(-c2cc(O)cc(C#N)c2)cs1. The number of phenolic OH excluding ortho intramolecular Hbond substituents is 1. The summed E-state index contributed by atoms with van der Waals surface area (Å²) < 4.78 is 0. The maximum Gasteiger partial charge on any atom is 0.191 e. The first kappa shape index (κ1) is 19.5. The average molecular weight is 369 g/mol. The van der Waals surface area contributed by atoms with E-state index in [1.54, 1.807) is 28.4 Å². The summed E-state index contributed by atoms with van der Waals surface area (Å²) in [5.74, 6) is 0.579. The molecule has 3 N–H and O–H groups in total. The minimum absolute atomic E-state index is 0.0614. The summed E-state index contributed by atoms with van der Waals surface area (Å²) >= 11 is 1.57. The van der Waals surface area contributed by atoms with Crippen molar-refractivity contribution >= 4 is 17.3 Å². The molecule has 6 heteroatoms. The number of hydrogen-bond acceptors (Lipinski definition) is 4. The highest BCUT2D eigenvalue weighted by atomic mass is 32.1. The number of phenols is 1. The van der Waals surface area contributed by atoms with Gasteiger partial charge in [0.2, 0.25) is 0 Å². The number of nitrogens with zero attached hydrogens (tertiary/aromatic N) is 3. The lowest BCUT2D eigenvalue weighted by molar-refractivity contribution is 0.389. The molecule has 0 bridgehead atoms. The van der Waals surface area contributed by atoms with Crippen molar-refractivity contribution in [1.29, 1.82) is 5.26 Å². The van der Waals surface area contributed by atoms with Crippen molar-refractivity contribution in [1.82, 2.24) is 4.90 Å². The molecule has 5 nitrogen and oxygen atoms in total. The van der Waals surface area contributed by atoms with E-state index in [-0.39, 0.29) is 11.7 Å². The molecule has 0 aliphatic rings. The maximum absolute atomic E-state index is 9.85. The minimum atomic E-state index is -0.562. The topological polar surface area (TPSA) is 85.6 Å². The summed E-state index contributed by atoms with van der Waals surface area (Å²) in [6.45, 7) is 8.01. The number of nitrogens with two attached hydrogens (primary N) is 1. The van der Waals surface area contributed by atoms with E-state index in [9.17, 15) is 5.11 Å². The van der Waals surface area contributed by atoms with Gasteiger partial charge in [-0.3, -0.25) is 0 Å². The standard InChI is InChI=1S/C20H24N4OS/c1-6-13(2)20(3,23-19(22)24(4)5)18-10-16(12-26-18)15-7-14(11-21)8-17(25)9-15/h6-10,12-13,25H,1H2,2-5H3,(H2,22,23). The Labute approximate surface area is 158 Å². The first-order chi connectivity index (χ1) is 12.2. The second-order valence-corrected chi connectivity index (χ2v) is 7.53. The summed E-state index contributed by atoms with van der Waals surface area (Å²) in [4.78, 5) is 7.57. The number of aromatic hydroxyl groups is 1. The molecule has 2 aromatic rings. The van der Waals surface area contributed by atoms with Gasteiger partial charge in [0.05, 0.1) is 11.6 Å². The third kappa shape index (κ3) is 3.89. The molecular formula is C20H24N4OS. The van der Waals surface area contributed by atoms with Crippen molar-refractivity contribution < 1.29 is 5.11 Å². The van der Waals surface area contributed by atoms with E-state index in [2.05, 4.69) is 19.6 Å². The lowest BCUT2D eigenvalue weighted by Gasteiger charge is -2.30. The van der Waals surface area contributed by atoms with Crippen LogP contribution in [0.2, 0.25) is 0 Å². The molecule has 2 unspecified atom stereocenters. The lowest BCUT2D eigenvalue weighted by atomic mass is 9.85. The molecule has 1 heterocycles. The van der Waals surface area contributed by atoms with Crippen molar-refractivity contribution in [3.63, 3.8) is 0 Å². The Morgan fingerprint density at radius 1 is 1.38 bits per heavy atom. The fraction of sp³-hybridized carbons (Fsp3) is 0.300. The maximum atomic E-state index is 9.85. The summed E-state index contributed by atoms with van der Waals surface area (Å²) in [6, 6.07) is 8.96. The van der Waals surface area contributed by atoms with Gasteiger partial charge in [0, 0.05) is 24.9 Å². The Kier molecular flexibility index (Phi) is 5.73. The van der Waals surface area contributed by atoms with Crippen molar-refractivity contribution in [3.05, 3.63) is 52.7 Å². The van der Waals surface area contributed by atoms with Crippen molar-refractivity contribution in [2.24, 2.45) is 16.6 Å². The predicted octanol–water partition coefficient (Wildman–Crippen LogP) is 3.91. The smallest absolute Gasteiger partial charge is 0.191 e. The van der Waals surface area contributed by atoms with Gasteiger partial charge >= 0.3 is 0 Å². The molecule has 2 rings (SSSR count). The number of rotatable bonds is 5. The normalized spacial score (nSPS) is 15.0. The van der Waals surface area contributed by atoms with Crippen LogP contribution in [-0.4, -0.2) is 30.1 Å². The van der Waals surface area contributed by atoms with Gasteiger partial charge in [0.25, 0.3) is 0 Å². The molecule has 1 aromatic heterocycles. The summed E-state index contributed by atoms with van der Waals surface area (Å²) in [6.07, 6.45) is 1.87. The highest BCUT2D eigenvalue weighted by Gasteiger charge is 2.33. The number of hydrogen-bond donors (Lipinski definition) is 2. The Morgan fingerprint density at radius 2 is 2.08 bits per heavy atom. The van der Waals surface area contributed by atoms with E-state index >= 15 is 0 Å². The van der Waals surface area contributed by atoms with Gasteiger partial charge < -0.3 is 15.7 Å². The van der Waals surface area contributed by atoms with Crippen LogP contribution in [0, 0.1) is 17.2 Å². The number of thiophene rings is 1. The van der Waals surface area contributed by atoms with Gasteiger partial charge in [0.1, 0.15) is 11.3 Å². The summed E-state index contributed by atoms with van der Waals surface area (Å²) in [5, 5.41) is 21.0. The molecule has 0 amide bonds. The van der Waals surface area contributed by atoms with Gasteiger partial charge in [-0.25, -0.2) is 4.99 Å². The van der Waals surface area contributed by atoms with Crippen molar-refractivity contribution in [2.75, 3.05) is 14.1 Å². The van der Waals surface area contributed by atoms with E-state index in [1.165, 1.54) is 6.07 Å². The van der Waals surface area contributed by atoms with E-state index in [1.807, 2.05) is 38.5 Å². The molecule has 0 saturated carbocycles. The minimum Gasteiger partial charge on any atom is -0.508 e. The van der Waals surface area contributed by atoms with E-state index < -0.39 is 5.54 Å². The number of aliphatic imine (C=N–C) groups is 1. The Hall–Kier alpha value is -2.78. The first-order valence-electron chi connectivity index (χ1n) is 8.20. The monoisotopic (exact) mass is 368 g/mol. The number of guanidine groups is 1. The van der Waals surface area contributed by atoms with Crippen LogP contribution >= 0.6 is 11.3 Å². The first-order valence-corrected chi connectivity index (χ1v) is 9.08. The highest BCUT2D eigenvalue weighted by Crippen LogP contribution is 2.41. The second-order valence-electron chi connectivity index (χ2n) is 6.62. The van der Waals surface area contributed by atoms with Gasteiger partial charge in [-0.1, -0.05) is 13.0 Å². The highest BCUT2D eigenvalue weighted by molar-refractivity contribution is 7.10.